The third-order valence-corrected chi connectivity index (χ3v) is 5.87. The van der Waals surface area contributed by atoms with Crippen LogP contribution in [0.1, 0.15) is 25.8 Å². The lowest BCUT2D eigenvalue weighted by Crippen LogP contribution is -2.44. The summed E-state index contributed by atoms with van der Waals surface area (Å²) in [5.41, 5.74) is 3.88. The SMILES string of the molecule is C=C(C)C(CN(C)Cc1ccn2ncnc(Nc3cccc(OC)c3)c12)C(CC)NC(=O)OC. The highest BCUT2D eigenvalue weighted by Crippen LogP contribution is 2.26. The van der Waals surface area contributed by atoms with Crippen molar-refractivity contribution in [3.8, 4) is 5.75 Å². The largest absolute Gasteiger partial charge is 0.497 e. The second-order valence-electron chi connectivity index (χ2n) is 8.40. The van der Waals surface area contributed by atoms with Gasteiger partial charge >= 0.3 is 6.09 Å². The van der Waals surface area contributed by atoms with E-state index in [-0.39, 0.29) is 12.0 Å². The molecule has 0 bridgehead atoms. The maximum atomic E-state index is 11.8. The minimum atomic E-state index is -0.426. The fraction of sp³-hybridized carbons (Fsp3) is 0.400. The standard InChI is InChI=1S/C25H34N6O3/c1-7-22(29-25(32)34-6)21(17(2)3)15-30(4)14-18-11-12-31-23(18)24(26-16-27-31)28-19-9-8-10-20(13-19)33-5/h8-13,16,21-22H,2,7,14-15H2,1,3-6H3,(H,29,32)(H,26,27,28). The third-order valence-electron chi connectivity index (χ3n) is 5.87. The van der Waals surface area contributed by atoms with Crippen molar-refractivity contribution in [2.45, 2.75) is 32.9 Å². The molecule has 1 aromatic carbocycles. The van der Waals surface area contributed by atoms with Gasteiger partial charge in [-0.3, -0.25) is 0 Å². The quantitative estimate of drug-likeness (QED) is 0.408. The van der Waals surface area contributed by atoms with E-state index in [1.54, 1.807) is 7.11 Å². The molecule has 0 radical (unpaired) electrons. The molecule has 9 nitrogen and oxygen atoms in total. The van der Waals surface area contributed by atoms with Crippen molar-refractivity contribution in [1.82, 2.24) is 24.8 Å². The maximum absolute atomic E-state index is 11.8. The molecule has 3 rings (SSSR count). The van der Waals surface area contributed by atoms with Gasteiger partial charge in [-0.15, -0.1) is 0 Å². The van der Waals surface area contributed by atoms with Crippen LogP contribution in [0.25, 0.3) is 5.52 Å². The van der Waals surface area contributed by atoms with Crippen molar-refractivity contribution in [2.75, 3.05) is 33.1 Å². The average Bonchev–Trinajstić information content (AvgIpc) is 3.24. The van der Waals surface area contributed by atoms with Crippen LogP contribution < -0.4 is 15.4 Å². The highest BCUT2D eigenvalue weighted by atomic mass is 16.5. The third kappa shape index (κ3) is 6.05. The zero-order valence-corrected chi connectivity index (χ0v) is 20.5. The summed E-state index contributed by atoms with van der Waals surface area (Å²) in [7, 11) is 5.08. The predicted molar refractivity (Wildman–Crippen MR) is 134 cm³/mol. The number of hydrogen-bond acceptors (Lipinski definition) is 7. The van der Waals surface area contributed by atoms with Crippen molar-refractivity contribution in [1.29, 1.82) is 0 Å². The highest BCUT2D eigenvalue weighted by molar-refractivity contribution is 5.76. The van der Waals surface area contributed by atoms with Crippen LogP contribution in [0.15, 0.2) is 55.0 Å². The number of anilines is 2. The summed E-state index contributed by atoms with van der Waals surface area (Å²) in [4.78, 5) is 18.5. The number of alkyl carbamates (subject to hydrolysis) is 1. The molecule has 182 valence electrons. The lowest BCUT2D eigenvalue weighted by Gasteiger charge is -2.31. The molecule has 9 heteroatoms. The van der Waals surface area contributed by atoms with Crippen molar-refractivity contribution in [3.63, 3.8) is 0 Å². The molecule has 1 amide bonds. The monoisotopic (exact) mass is 466 g/mol. The van der Waals surface area contributed by atoms with E-state index in [4.69, 9.17) is 9.47 Å². The molecule has 34 heavy (non-hydrogen) atoms. The number of rotatable bonds is 11. The van der Waals surface area contributed by atoms with Crippen LogP contribution in [-0.4, -0.2) is 59.4 Å². The molecule has 2 aromatic heterocycles. The van der Waals surface area contributed by atoms with Crippen molar-refractivity contribution in [3.05, 3.63) is 60.6 Å². The topological polar surface area (TPSA) is 93.0 Å². The summed E-state index contributed by atoms with van der Waals surface area (Å²) in [5.74, 6) is 1.56. The van der Waals surface area contributed by atoms with E-state index in [2.05, 4.69) is 45.3 Å². The Hall–Kier alpha value is -3.59. The average molecular weight is 467 g/mol. The van der Waals surface area contributed by atoms with Gasteiger partial charge in [-0.25, -0.2) is 14.3 Å². The first-order valence-electron chi connectivity index (χ1n) is 11.3. The van der Waals surface area contributed by atoms with Crippen molar-refractivity contribution >= 4 is 23.1 Å². The summed E-state index contributed by atoms with van der Waals surface area (Å²) >= 11 is 0. The van der Waals surface area contributed by atoms with Crippen molar-refractivity contribution < 1.29 is 14.3 Å². The van der Waals surface area contributed by atoms with Crippen molar-refractivity contribution in [2.24, 2.45) is 5.92 Å². The number of aromatic nitrogens is 3. The summed E-state index contributed by atoms with van der Waals surface area (Å²) in [6.07, 6.45) is 3.81. The van der Waals surface area contributed by atoms with Crippen LogP contribution in [0.3, 0.4) is 0 Å². The van der Waals surface area contributed by atoms with Gasteiger partial charge in [0.25, 0.3) is 0 Å². The van der Waals surface area contributed by atoms with Gasteiger partial charge in [-0.2, -0.15) is 5.10 Å². The number of carbonyl (C=O) groups is 1. The predicted octanol–water partition coefficient (Wildman–Crippen LogP) is 4.24. The Morgan fingerprint density at radius 1 is 1.29 bits per heavy atom. The number of ether oxygens (including phenoxy) is 2. The summed E-state index contributed by atoms with van der Waals surface area (Å²) in [5, 5.41) is 10.7. The molecule has 2 N–H and O–H groups in total. The Labute approximate surface area is 200 Å². The molecule has 2 heterocycles. The van der Waals surface area contributed by atoms with E-state index in [1.165, 1.54) is 13.4 Å². The maximum Gasteiger partial charge on any atom is 0.407 e. The zero-order chi connectivity index (χ0) is 24.7. The van der Waals surface area contributed by atoms with E-state index in [0.717, 1.165) is 41.1 Å². The summed E-state index contributed by atoms with van der Waals surface area (Å²) < 4.78 is 12.0. The smallest absolute Gasteiger partial charge is 0.407 e. The number of methoxy groups -OCH3 is 2. The Morgan fingerprint density at radius 2 is 2.09 bits per heavy atom. The number of carbonyl (C=O) groups excluding carboxylic acids is 1. The number of hydrogen-bond donors (Lipinski definition) is 2. The number of amides is 1. The van der Waals surface area contributed by atoms with Crippen LogP contribution in [0.4, 0.5) is 16.3 Å². The van der Waals surface area contributed by atoms with Gasteiger partial charge in [0.05, 0.1) is 14.2 Å². The molecular weight excluding hydrogens is 432 g/mol. The van der Waals surface area contributed by atoms with Crippen LogP contribution in [-0.2, 0) is 11.3 Å². The Kier molecular flexibility index (Phi) is 8.48. The lowest BCUT2D eigenvalue weighted by atomic mass is 9.90. The molecule has 3 aromatic rings. The molecule has 0 aliphatic rings. The Morgan fingerprint density at radius 3 is 2.76 bits per heavy atom. The van der Waals surface area contributed by atoms with E-state index in [1.807, 2.05) is 48.8 Å². The van der Waals surface area contributed by atoms with Gasteiger partial charge in [-0.1, -0.05) is 25.1 Å². The Balaban J connectivity index is 1.81. The molecule has 0 fully saturated rings. The number of fused-ring (bicyclic) bond motifs is 1. The van der Waals surface area contributed by atoms with Gasteiger partial charge < -0.3 is 25.0 Å². The molecule has 2 atom stereocenters. The molecule has 0 aliphatic carbocycles. The van der Waals surface area contributed by atoms with E-state index in [9.17, 15) is 4.79 Å². The molecule has 0 spiro atoms. The lowest BCUT2D eigenvalue weighted by molar-refractivity contribution is 0.158. The minimum absolute atomic E-state index is 0.0631. The number of nitrogens with one attached hydrogen (secondary N) is 2. The highest BCUT2D eigenvalue weighted by Gasteiger charge is 2.25. The Bertz CT molecular complexity index is 1130. The van der Waals surface area contributed by atoms with Crippen LogP contribution in [0, 0.1) is 5.92 Å². The van der Waals surface area contributed by atoms with Gasteiger partial charge in [0.2, 0.25) is 0 Å². The van der Waals surface area contributed by atoms with Gasteiger partial charge in [0, 0.05) is 43.0 Å². The van der Waals surface area contributed by atoms with E-state index in [0.29, 0.717) is 12.4 Å². The molecule has 0 saturated heterocycles. The fourth-order valence-electron chi connectivity index (χ4n) is 4.09. The molecular formula is C25H34N6O3. The summed E-state index contributed by atoms with van der Waals surface area (Å²) in [6, 6.07) is 9.70. The first-order valence-corrected chi connectivity index (χ1v) is 11.3. The van der Waals surface area contributed by atoms with E-state index >= 15 is 0 Å². The van der Waals surface area contributed by atoms with Crippen LogP contribution in [0.2, 0.25) is 0 Å². The summed E-state index contributed by atoms with van der Waals surface area (Å²) in [6.45, 7) is 9.61. The molecule has 0 aliphatic heterocycles. The second-order valence-corrected chi connectivity index (χ2v) is 8.40. The zero-order valence-electron chi connectivity index (χ0n) is 20.5. The second kappa shape index (κ2) is 11.5. The normalized spacial score (nSPS) is 12.9. The van der Waals surface area contributed by atoms with Gasteiger partial charge in [0.15, 0.2) is 5.82 Å². The number of benzene rings is 1. The minimum Gasteiger partial charge on any atom is -0.497 e. The molecule has 2 unspecified atom stereocenters. The number of nitrogens with zero attached hydrogens (tertiary/aromatic N) is 4. The van der Waals surface area contributed by atoms with Gasteiger partial charge in [-0.05, 0) is 44.2 Å². The van der Waals surface area contributed by atoms with Crippen LogP contribution in [0.5, 0.6) is 5.75 Å². The fourth-order valence-corrected chi connectivity index (χ4v) is 4.09. The first-order chi connectivity index (χ1) is 16.4. The van der Waals surface area contributed by atoms with Crippen LogP contribution >= 0.6 is 0 Å². The van der Waals surface area contributed by atoms with Gasteiger partial charge in [0.1, 0.15) is 17.6 Å². The van der Waals surface area contributed by atoms with E-state index < -0.39 is 6.09 Å². The molecule has 0 saturated carbocycles. The first kappa shape index (κ1) is 25.0.